The van der Waals surface area contributed by atoms with Crippen LogP contribution in [0.4, 0.5) is 5.95 Å². The molecule has 19 heavy (non-hydrogen) atoms. The molecule has 2 aromatic rings. The topological polar surface area (TPSA) is 43.8 Å². The predicted octanol–water partition coefficient (Wildman–Crippen LogP) is 4.07. The van der Waals surface area contributed by atoms with E-state index in [-0.39, 0.29) is 0 Å². The van der Waals surface area contributed by atoms with Crippen LogP contribution in [0.5, 0.6) is 0 Å². The maximum Gasteiger partial charge on any atom is 0.201 e. The van der Waals surface area contributed by atoms with Crippen LogP contribution in [0.3, 0.4) is 0 Å². The molecule has 1 fully saturated rings. The van der Waals surface area contributed by atoms with Crippen LogP contribution in [0.25, 0.3) is 11.0 Å². The number of nitrogens with zero attached hydrogens (tertiary/aromatic N) is 2. The van der Waals surface area contributed by atoms with Crippen molar-refractivity contribution < 1.29 is 0 Å². The first-order valence-electron chi connectivity index (χ1n) is 6.75. The van der Waals surface area contributed by atoms with Gasteiger partial charge in [0.25, 0.3) is 0 Å². The van der Waals surface area contributed by atoms with Crippen molar-refractivity contribution in [2.45, 2.75) is 37.5 Å². The van der Waals surface area contributed by atoms with E-state index in [1.807, 2.05) is 0 Å². The number of aromatic nitrogens is 2. The number of hydrogen-bond acceptors (Lipinski definition) is 3. The fourth-order valence-corrected chi connectivity index (χ4v) is 4.77. The van der Waals surface area contributed by atoms with Crippen LogP contribution < -0.4 is 5.73 Å². The molecule has 1 saturated carbocycles. The molecule has 1 aliphatic rings. The zero-order valence-corrected chi connectivity index (χ0v) is 13.9. The average Bonchev–Trinajstić information content (AvgIpc) is 2.92. The Morgan fingerprint density at radius 2 is 2.32 bits per heavy atom. The van der Waals surface area contributed by atoms with Crippen LogP contribution in [0.1, 0.15) is 32.2 Å². The van der Waals surface area contributed by atoms with Gasteiger partial charge in [0.1, 0.15) is 0 Å². The summed E-state index contributed by atoms with van der Waals surface area (Å²) in [6, 6.07) is 6.92. The number of nitrogen functional groups attached to an aromatic ring is 1. The van der Waals surface area contributed by atoms with Crippen LogP contribution in [0.2, 0.25) is 0 Å². The molecule has 2 unspecified atom stereocenters. The first-order chi connectivity index (χ1) is 9.20. The smallest absolute Gasteiger partial charge is 0.201 e. The van der Waals surface area contributed by atoms with Crippen molar-refractivity contribution in [3.05, 3.63) is 21.8 Å². The first kappa shape index (κ1) is 13.5. The third-order valence-electron chi connectivity index (χ3n) is 3.81. The van der Waals surface area contributed by atoms with Crippen LogP contribution in [-0.2, 0) is 0 Å². The highest BCUT2D eigenvalue weighted by molar-refractivity contribution is 14.1. The van der Waals surface area contributed by atoms with E-state index >= 15 is 0 Å². The summed E-state index contributed by atoms with van der Waals surface area (Å²) in [5.74, 6) is 1.84. The van der Waals surface area contributed by atoms with Crippen molar-refractivity contribution in [2.24, 2.45) is 0 Å². The quantitative estimate of drug-likeness (QED) is 0.808. The third-order valence-corrected chi connectivity index (χ3v) is 5.79. The number of anilines is 1. The van der Waals surface area contributed by atoms with Gasteiger partial charge in [-0.05, 0) is 59.4 Å². The summed E-state index contributed by atoms with van der Waals surface area (Å²) >= 11 is 4.38. The van der Waals surface area contributed by atoms with Crippen LogP contribution in [0, 0.1) is 3.57 Å². The Balaban J connectivity index is 2.06. The monoisotopic (exact) mass is 387 g/mol. The van der Waals surface area contributed by atoms with Gasteiger partial charge >= 0.3 is 0 Å². The van der Waals surface area contributed by atoms with Gasteiger partial charge in [-0.2, -0.15) is 11.8 Å². The summed E-state index contributed by atoms with van der Waals surface area (Å²) < 4.78 is 3.48. The van der Waals surface area contributed by atoms with E-state index in [9.17, 15) is 0 Å². The number of nitrogens with two attached hydrogens (primary N) is 1. The van der Waals surface area contributed by atoms with E-state index in [1.165, 1.54) is 34.1 Å². The lowest BCUT2D eigenvalue weighted by Gasteiger charge is -2.22. The molecule has 3 rings (SSSR count). The second-order valence-electron chi connectivity index (χ2n) is 4.97. The van der Waals surface area contributed by atoms with Gasteiger partial charge in [-0.15, -0.1) is 0 Å². The summed E-state index contributed by atoms with van der Waals surface area (Å²) in [4.78, 5) is 4.54. The fourth-order valence-electron chi connectivity index (χ4n) is 3.05. The first-order valence-corrected chi connectivity index (χ1v) is 8.88. The highest BCUT2D eigenvalue weighted by atomic mass is 127. The van der Waals surface area contributed by atoms with Gasteiger partial charge in [-0.3, -0.25) is 0 Å². The van der Waals surface area contributed by atoms with E-state index < -0.39 is 0 Å². The Hall–Kier alpha value is -0.430. The number of benzene rings is 1. The third kappa shape index (κ3) is 2.46. The summed E-state index contributed by atoms with van der Waals surface area (Å²) in [5.41, 5.74) is 8.39. The molecule has 0 saturated heterocycles. The van der Waals surface area contributed by atoms with Crippen LogP contribution in [0.15, 0.2) is 18.2 Å². The summed E-state index contributed by atoms with van der Waals surface area (Å²) in [5, 5.41) is 0.684. The molecule has 3 nitrogen and oxygen atoms in total. The van der Waals surface area contributed by atoms with Gasteiger partial charge in [-0.25, -0.2) is 4.98 Å². The fraction of sp³-hybridized carbons (Fsp3) is 0.500. The zero-order chi connectivity index (χ0) is 13.4. The molecule has 0 spiro atoms. The van der Waals surface area contributed by atoms with Gasteiger partial charge in [-0.1, -0.05) is 13.3 Å². The van der Waals surface area contributed by atoms with E-state index in [2.05, 4.69) is 69.0 Å². The zero-order valence-electron chi connectivity index (χ0n) is 11.0. The Labute approximate surface area is 131 Å². The summed E-state index contributed by atoms with van der Waals surface area (Å²) in [6.07, 6.45) is 3.82. The number of thioether (sulfide) groups is 1. The number of hydrogen-bond donors (Lipinski definition) is 1. The van der Waals surface area contributed by atoms with E-state index in [0.717, 1.165) is 5.52 Å². The SMILES string of the molecule is CCSC1CCCC1n1c(N)nc2cc(I)ccc21. The minimum absolute atomic E-state index is 0.509. The Morgan fingerprint density at radius 3 is 3.11 bits per heavy atom. The Bertz CT molecular complexity index is 596. The molecule has 1 aliphatic carbocycles. The van der Waals surface area contributed by atoms with Crippen molar-refractivity contribution in [3.63, 3.8) is 0 Å². The van der Waals surface area contributed by atoms with Crippen molar-refractivity contribution in [1.29, 1.82) is 0 Å². The molecule has 2 atom stereocenters. The van der Waals surface area contributed by atoms with Gasteiger partial charge in [0, 0.05) is 14.9 Å². The lowest BCUT2D eigenvalue weighted by atomic mass is 10.2. The number of fused-ring (bicyclic) bond motifs is 1. The highest BCUT2D eigenvalue weighted by Crippen LogP contribution is 2.41. The molecular formula is C14H18IN3S. The van der Waals surface area contributed by atoms with Gasteiger partial charge in [0.05, 0.1) is 11.0 Å². The number of imidazole rings is 1. The number of halogens is 1. The molecule has 5 heteroatoms. The molecule has 1 aromatic carbocycles. The van der Waals surface area contributed by atoms with Crippen LogP contribution >= 0.6 is 34.4 Å². The Kier molecular flexibility index (Phi) is 3.93. The van der Waals surface area contributed by atoms with Crippen molar-refractivity contribution >= 4 is 51.3 Å². The van der Waals surface area contributed by atoms with Gasteiger partial charge in [0.15, 0.2) is 0 Å². The molecule has 0 bridgehead atoms. The summed E-state index contributed by atoms with van der Waals surface area (Å²) in [6.45, 7) is 2.23. The average molecular weight is 387 g/mol. The molecule has 1 aromatic heterocycles. The molecular weight excluding hydrogens is 369 g/mol. The molecule has 0 radical (unpaired) electrons. The summed E-state index contributed by atoms with van der Waals surface area (Å²) in [7, 11) is 0. The normalized spacial score (nSPS) is 23.3. The van der Waals surface area contributed by atoms with E-state index in [0.29, 0.717) is 17.2 Å². The van der Waals surface area contributed by atoms with Gasteiger partial charge in [0.2, 0.25) is 5.95 Å². The minimum atomic E-state index is 0.509. The molecule has 1 heterocycles. The minimum Gasteiger partial charge on any atom is -0.369 e. The number of rotatable bonds is 3. The molecule has 0 aliphatic heterocycles. The second kappa shape index (κ2) is 5.52. The largest absolute Gasteiger partial charge is 0.369 e. The predicted molar refractivity (Wildman–Crippen MR) is 91.7 cm³/mol. The molecule has 102 valence electrons. The standard InChI is InChI=1S/C14H18IN3S/c1-2-19-13-5-3-4-12(13)18-11-7-6-9(15)8-10(11)17-14(18)16/h6-8,12-13H,2-5H2,1H3,(H2,16,17). The van der Waals surface area contributed by atoms with Gasteiger partial charge < -0.3 is 10.3 Å². The molecule has 0 amide bonds. The van der Waals surface area contributed by atoms with E-state index in [1.54, 1.807) is 0 Å². The highest BCUT2D eigenvalue weighted by Gasteiger charge is 2.31. The van der Waals surface area contributed by atoms with Crippen molar-refractivity contribution in [1.82, 2.24) is 9.55 Å². The van der Waals surface area contributed by atoms with Crippen molar-refractivity contribution in [2.75, 3.05) is 11.5 Å². The maximum absolute atomic E-state index is 6.18. The van der Waals surface area contributed by atoms with E-state index in [4.69, 9.17) is 5.73 Å². The van der Waals surface area contributed by atoms with Crippen molar-refractivity contribution in [3.8, 4) is 0 Å². The lowest BCUT2D eigenvalue weighted by Crippen LogP contribution is -2.18. The second-order valence-corrected chi connectivity index (χ2v) is 7.73. The maximum atomic E-state index is 6.18. The lowest BCUT2D eigenvalue weighted by molar-refractivity contribution is 0.549. The molecule has 2 N–H and O–H groups in total. The Morgan fingerprint density at radius 1 is 1.47 bits per heavy atom. The van der Waals surface area contributed by atoms with Crippen LogP contribution in [-0.4, -0.2) is 20.6 Å².